The lowest BCUT2D eigenvalue weighted by atomic mass is 10.2. The second-order valence-corrected chi connectivity index (χ2v) is 3.55. The van der Waals surface area contributed by atoms with Crippen LogP contribution in [-0.4, -0.2) is 17.2 Å². The Bertz CT molecular complexity index is 377. The number of hydrogen-bond acceptors (Lipinski definition) is 3. The van der Waals surface area contributed by atoms with Gasteiger partial charge in [-0.3, -0.25) is 4.90 Å². The molecule has 0 aliphatic rings. The quantitative estimate of drug-likeness (QED) is 0.640. The van der Waals surface area contributed by atoms with Gasteiger partial charge in [0.1, 0.15) is 5.75 Å². The van der Waals surface area contributed by atoms with Crippen LogP contribution in [0.1, 0.15) is 13.8 Å². The van der Waals surface area contributed by atoms with Crippen molar-refractivity contribution in [3.8, 4) is 5.75 Å². The Balaban J connectivity index is 3.17. The minimum absolute atomic E-state index is 0.0532. The van der Waals surface area contributed by atoms with Crippen LogP contribution in [0.5, 0.6) is 5.75 Å². The summed E-state index contributed by atoms with van der Waals surface area (Å²) in [7, 11) is 0. The average Bonchev–Trinajstić information content (AvgIpc) is 2.08. The van der Waals surface area contributed by atoms with Crippen molar-refractivity contribution in [2.75, 3.05) is 10.6 Å². The average molecular weight is 209 g/mol. The molecule has 0 atom stereocenters. The summed E-state index contributed by atoms with van der Waals surface area (Å²) in [6.45, 7) is 3.61. The summed E-state index contributed by atoms with van der Waals surface area (Å²) in [5.74, 6) is -0.0532. The van der Waals surface area contributed by atoms with Gasteiger partial charge in [-0.1, -0.05) is 0 Å². The van der Waals surface area contributed by atoms with Gasteiger partial charge in [0.2, 0.25) is 0 Å². The highest BCUT2D eigenvalue weighted by Gasteiger charge is 2.19. The Morgan fingerprint density at radius 3 is 2.47 bits per heavy atom. The molecule has 0 aliphatic heterocycles. The van der Waals surface area contributed by atoms with E-state index in [-0.39, 0.29) is 11.8 Å². The summed E-state index contributed by atoms with van der Waals surface area (Å²) in [5, 5.41) is 9.63. The number of amides is 2. The molecule has 5 nitrogen and oxygen atoms in total. The van der Waals surface area contributed by atoms with E-state index in [4.69, 9.17) is 11.5 Å². The van der Waals surface area contributed by atoms with Crippen LogP contribution in [0.2, 0.25) is 0 Å². The molecule has 0 radical (unpaired) electrons. The topological polar surface area (TPSA) is 92.6 Å². The number of benzene rings is 1. The van der Waals surface area contributed by atoms with E-state index in [1.54, 1.807) is 26.0 Å². The first-order valence-electron chi connectivity index (χ1n) is 4.60. The summed E-state index contributed by atoms with van der Waals surface area (Å²) in [5.41, 5.74) is 11.5. The van der Waals surface area contributed by atoms with Crippen molar-refractivity contribution in [2.45, 2.75) is 19.9 Å². The summed E-state index contributed by atoms with van der Waals surface area (Å²) >= 11 is 0. The summed E-state index contributed by atoms with van der Waals surface area (Å²) < 4.78 is 0. The highest BCUT2D eigenvalue weighted by molar-refractivity contribution is 5.93. The predicted octanol–water partition coefficient (Wildman–Crippen LogP) is 1.27. The van der Waals surface area contributed by atoms with Crippen LogP contribution in [0, 0.1) is 0 Å². The van der Waals surface area contributed by atoms with Crippen molar-refractivity contribution < 1.29 is 9.90 Å². The third-order valence-electron chi connectivity index (χ3n) is 2.01. The number of phenolic OH excluding ortho intramolecular Hbond substituents is 1. The maximum Gasteiger partial charge on any atom is 0.319 e. The number of aromatic hydroxyl groups is 1. The highest BCUT2D eigenvalue weighted by atomic mass is 16.3. The number of urea groups is 1. The van der Waals surface area contributed by atoms with Crippen LogP contribution in [-0.2, 0) is 0 Å². The van der Waals surface area contributed by atoms with Gasteiger partial charge in [-0.25, -0.2) is 4.79 Å². The molecule has 5 heteroatoms. The van der Waals surface area contributed by atoms with E-state index in [9.17, 15) is 9.90 Å². The molecule has 0 aromatic heterocycles. The molecule has 0 heterocycles. The monoisotopic (exact) mass is 209 g/mol. The van der Waals surface area contributed by atoms with E-state index in [0.29, 0.717) is 11.4 Å². The van der Waals surface area contributed by atoms with E-state index >= 15 is 0 Å². The number of nitrogens with two attached hydrogens (primary N) is 2. The van der Waals surface area contributed by atoms with Crippen LogP contribution in [0.15, 0.2) is 18.2 Å². The third kappa shape index (κ3) is 2.31. The summed E-state index contributed by atoms with van der Waals surface area (Å²) in [6, 6.07) is 3.82. The number of rotatable bonds is 2. The van der Waals surface area contributed by atoms with Gasteiger partial charge < -0.3 is 16.6 Å². The maximum absolute atomic E-state index is 11.2. The molecule has 2 amide bonds. The SMILES string of the molecule is CC(C)N(C(N)=O)c1ccc(N)cc1O. The number of primary amides is 1. The van der Waals surface area contributed by atoms with Gasteiger partial charge in [0.25, 0.3) is 0 Å². The standard InChI is InChI=1S/C10H15N3O2/c1-6(2)13(10(12)15)8-4-3-7(11)5-9(8)14/h3-6,14H,11H2,1-2H3,(H2,12,15). The van der Waals surface area contributed by atoms with E-state index in [0.717, 1.165) is 0 Å². The number of anilines is 2. The van der Waals surface area contributed by atoms with E-state index in [2.05, 4.69) is 0 Å². The predicted molar refractivity (Wildman–Crippen MR) is 59.7 cm³/mol. The minimum atomic E-state index is -0.606. The van der Waals surface area contributed by atoms with Gasteiger partial charge in [0.05, 0.1) is 5.69 Å². The van der Waals surface area contributed by atoms with Crippen LogP contribution in [0.4, 0.5) is 16.2 Å². The third-order valence-corrected chi connectivity index (χ3v) is 2.01. The lowest BCUT2D eigenvalue weighted by Crippen LogP contribution is -2.40. The molecule has 5 N–H and O–H groups in total. The van der Waals surface area contributed by atoms with Gasteiger partial charge in [-0.15, -0.1) is 0 Å². The largest absolute Gasteiger partial charge is 0.506 e. The minimum Gasteiger partial charge on any atom is -0.506 e. The lowest BCUT2D eigenvalue weighted by molar-refractivity contribution is 0.252. The van der Waals surface area contributed by atoms with Crippen molar-refractivity contribution in [3.63, 3.8) is 0 Å². The van der Waals surface area contributed by atoms with Crippen molar-refractivity contribution in [1.82, 2.24) is 0 Å². The van der Waals surface area contributed by atoms with Crippen molar-refractivity contribution in [3.05, 3.63) is 18.2 Å². The number of carbonyl (C=O) groups is 1. The molecule has 0 aliphatic carbocycles. The first-order chi connectivity index (χ1) is 6.93. The number of phenols is 1. The molecule has 1 aromatic rings. The van der Waals surface area contributed by atoms with Crippen molar-refractivity contribution in [1.29, 1.82) is 0 Å². The van der Waals surface area contributed by atoms with Crippen LogP contribution in [0.3, 0.4) is 0 Å². The molecular formula is C10H15N3O2. The molecule has 1 rings (SSSR count). The Labute approximate surface area is 88.3 Å². The van der Waals surface area contributed by atoms with Gasteiger partial charge in [-0.2, -0.15) is 0 Å². The molecule has 0 fully saturated rings. The summed E-state index contributed by atoms with van der Waals surface area (Å²) in [6.07, 6.45) is 0. The van der Waals surface area contributed by atoms with E-state index in [1.807, 2.05) is 0 Å². The molecule has 0 spiro atoms. The maximum atomic E-state index is 11.2. The fourth-order valence-corrected chi connectivity index (χ4v) is 1.40. The molecule has 82 valence electrons. The van der Waals surface area contributed by atoms with Crippen molar-refractivity contribution in [2.24, 2.45) is 5.73 Å². The number of carbonyl (C=O) groups excluding carboxylic acids is 1. The Kier molecular flexibility index (Phi) is 3.04. The number of hydrogen-bond donors (Lipinski definition) is 3. The molecule has 0 bridgehead atoms. The fourth-order valence-electron chi connectivity index (χ4n) is 1.40. The second kappa shape index (κ2) is 4.08. The van der Waals surface area contributed by atoms with E-state index in [1.165, 1.54) is 11.0 Å². The van der Waals surface area contributed by atoms with E-state index < -0.39 is 6.03 Å². The zero-order chi connectivity index (χ0) is 11.6. The van der Waals surface area contributed by atoms with Gasteiger partial charge in [0, 0.05) is 17.8 Å². The molecular weight excluding hydrogens is 194 g/mol. The zero-order valence-electron chi connectivity index (χ0n) is 8.77. The molecule has 0 unspecified atom stereocenters. The highest BCUT2D eigenvalue weighted by Crippen LogP contribution is 2.30. The second-order valence-electron chi connectivity index (χ2n) is 3.55. The first kappa shape index (κ1) is 11.2. The van der Waals surface area contributed by atoms with Crippen LogP contribution < -0.4 is 16.4 Å². The smallest absolute Gasteiger partial charge is 0.319 e. The first-order valence-corrected chi connectivity index (χ1v) is 4.60. The zero-order valence-corrected chi connectivity index (χ0v) is 8.77. The number of nitrogen functional groups attached to an aromatic ring is 1. The van der Waals surface area contributed by atoms with Crippen LogP contribution in [0.25, 0.3) is 0 Å². The van der Waals surface area contributed by atoms with Crippen molar-refractivity contribution >= 4 is 17.4 Å². The lowest BCUT2D eigenvalue weighted by Gasteiger charge is -2.25. The molecule has 1 aromatic carbocycles. The van der Waals surface area contributed by atoms with Gasteiger partial charge in [-0.05, 0) is 26.0 Å². The Morgan fingerprint density at radius 2 is 2.07 bits per heavy atom. The van der Waals surface area contributed by atoms with Crippen LogP contribution >= 0.6 is 0 Å². The molecule has 15 heavy (non-hydrogen) atoms. The Morgan fingerprint density at radius 1 is 1.47 bits per heavy atom. The van der Waals surface area contributed by atoms with Gasteiger partial charge in [0.15, 0.2) is 0 Å². The normalized spacial score (nSPS) is 10.3. The molecule has 0 saturated carbocycles. The number of nitrogens with zero attached hydrogens (tertiary/aromatic N) is 1. The molecule has 0 saturated heterocycles. The van der Waals surface area contributed by atoms with Gasteiger partial charge >= 0.3 is 6.03 Å². The summed E-state index contributed by atoms with van der Waals surface area (Å²) in [4.78, 5) is 12.5. The fraction of sp³-hybridized carbons (Fsp3) is 0.300. The Hall–Kier alpha value is -1.91.